The number of fused-ring (bicyclic) bond motifs is 1. The second-order valence-corrected chi connectivity index (χ2v) is 7.23. The van der Waals surface area contributed by atoms with Crippen molar-refractivity contribution in [2.75, 3.05) is 0 Å². The molecule has 2 heterocycles. The summed E-state index contributed by atoms with van der Waals surface area (Å²) in [5.41, 5.74) is 0.389. The summed E-state index contributed by atoms with van der Waals surface area (Å²) in [5.74, 6) is 1.63. The molecular formula is C18H15ClN6O2S. The lowest BCUT2D eigenvalue weighted by Crippen LogP contribution is -2.23. The lowest BCUT2D eigenvalue weighted by Gasteiger charge is -2.07. The molecule has 0 aliphatic carbocycles. The van der Waals surface area contributed by atoms with Crippen LogP contribution in [0.4, 0.5) is 0 Å². The first-order valence-electron chi connectivity index (χ1n) is 8.34. The van der Waals surface area contributed by atoms with Gasteiger partial charge in [0.05, 0.1) is 11.3 Å². The van der Waals surface area contributed by atoms with Crippen LogP contribution in [-0.4, -0.2) is 29.8 Å². The molecule has 0 unspecified atom stereocenters. The minimum atomic E-state index is -0.188. The van der Waals surface area contributed by atoms with Gasteiger partial charge in [-0.05, 0) is 36.4 Å². The average molecular weight is 415 g/mol. The van der Waals surface area contributed by atoms with E-state index in [4.69, 9.17) is 16.3 Å². The quantitative estimate of drug-likeness (QED) is 0.448. The third-order valence-corrected chi connectivity index (χ3v) is 5.29. The summed E-state index contributed by atoms with van der Waals surface area (Å²) in [6, 6.07) is 14.2. The lowest BCUT2D eigenvalue weighted by atomic mass is 10.2. The number of nitrogens with zero attached hydrogens (tertiary/aromatic N) is 6. The molecule has 0 fully saturated rings. The van der Waals surface area contributed by atoms with Gasteiger partial charge in [0.25, 0.3) is 5.56 Å². The maximum absolute atomic E-state index is 12.5. The molecule has 142 valence electrons. The van der Waals surface area contributed by atoms with E-state index in [2.05, 4.69) is 20.5 Å². The van der Waals surface area contributed by atoms with Crippen LogP contribution < -0.4 is 10.3 Å². The average Bonchev–Trinajstić information content (AvgIpc) is 3.07. The van der Waals surface area contributed by atoms with Gasteiger partial charge in [0.2, 0.25) is 0 Å². The zero-order chi connectivity index (χ0) is 19.5. The van der Waals surface area contributed by atoms with E-state index in [1.165, 1.54) is 16.4 Å². The predicted octanol–water partition coefficient (Wildman–Crippen LogP) is 2.90. The summed E-state index contributed by atoms with van der Waals surface area (Å²) in [6.45, 7) is 0.265. The number of hydrogen-bond donors (Lipinski definition) is 0. The Labute approximate surface area is 169 Å². The van der Waals surface area contributed by atoms with Gasteiger partial charge in [-0.1, -0.05) is 40.7 Å². The Morgan fingerprint density at radius 2 is 1.86 bits per heavy atom. The van der Waals surface area contributed by atoms with Crippen molar-refractivity contribution in [3.8, 4) is 5.75 Å². The normalized spacial score (nSPS) is 11.1. The van der Waals surface area contributed by atoms with Crippen molar-refractivity contribution in [2.24, 2.45) is 7.05 Å². The van der Waals surface area contributed by atoms with E-state index in [1.54, 1.807) is 42.5 Å². The Hall–Kier alpha value is -2.91. The third kappa shape index (κ3) is 3.85. The first-order valence-corrected chi connectivity index (χ1v) is 9.70. The Bertz CT molecular complexity index is 1170. The zero-order valence-electron chi connectivity index (χ0n) is 14.8. The van der Waals surface area contributed by atoms with Crippen LogP contribution in [0.5, 0.6) is 5.75 Å². The summed E-state index contributed by atoms with van der Waals surface area (Å²) < 4.78 is 8.83. The van der Waals surface area contributed by atoms with Gasteiger partial charge in [-0.15, -0.1) is 15.3 Å². The monoisotopic (exact) mass is 414 g/mol. The van der Waals surface area contributed by atoms with Crippen LogP contribution in [0.1, 0.15) is 5.82 Å². The number of halogens is 1. The zero-order valence-corrected chi connectivity index (χ0v) is 16.4. The lowest BCUT2D eigenvalue weighted by molar-refractivity contribution is 0.290. The van der Waals surface area contributed by atoms with Gasteiger partial charge in [-0.2, -0.15) is 4.68 Å². The van der Waals surface area contributed by atoms with E-state index in [9.17, 15) is 4.79 Å². The first-order chi connectivity index (χ1) is 13.6. The molecular weight excluding hydrogens is 400 g/mol. The fraction of sp³-hybridized carbons (Fsp3) is 0.167. The van der Waals surface area contributed by atoms with Crippen molar-refractivity contribution in [1.82, 2.24) is 29.8 Å². The Kier molecular flexibility index (Phi) is 5.27. The van der Waals surface area contributed by atoms with Crippen LogP contribution in [0, 0.1) is 0 Å². The van der Waals surface area contributed by atoms with E-state index in [0.717, 1.165) is 0 Å². The number of aromatic nitrogens is 6. The molecule has 28 heavy (non-hydrogen) atoms. The van der Waals surface area contributed by atoms with Crippen LogP contribution in [0.15, 0.2) is 58.5 Å². The van der Waals surface area contributed by atoms with Crippen molar-refractivity contribution >= 4 is 34.3 Å². The van der Waals surface area contributed by atoms with Gasteiger partial charge in [-0.25, -0.2) is 0 Å². The smallest absolute Gasteiger partial charge is 0.278 e. The summed E-state index contributed by atoms with van der Waals surface area (Å²) >= 11 is 7.21. The number of benzene rings is 2. The molecule has 0 amide bonds. The van der Waals surface area contributed by atoms with Crippen molar-refractivity contribution < 1.29 is 4.74 Å². The van der Waals surface area contributed by atoms with Gasteiger partial charge in [0, 0.05) is 12.1 Å². The van der Waals surface area contributed by atoms with Crippen molar-refractivity contribution in [3.05, 3.63) is 69.7 Å². The molecule has 0 saturated carbocycles. The maximum Gasteiger partial charge on any atom is 0.278 e. The molecule has 0 aliphatic heterocycles. The fourth-order valence-corrected chi connectivity index (χ4v) is 3.43. The van der Waals surface area contributed by atoms with Crippen LogP contribution in [0.2, 0.25) is 5.02 Å². The molecule has 0 atom stereocenters. The summed E-state index contributed by atoms with van der Waals surface area (Å²) in [4.78, 5) is 12.5. The molecule has 0 radical (unpaired) electrons. The van der Waals surface area contributed by atoms with Crippen molar-refractivity contribution in [3.63, 3.8) is 0 Å². The molecule has 4 aromatic rings. The summed E-state index contributed by atoms with van der Waals surface area (Å²) in [6.07, 6.45) is 0. The third-order valence-electron chi connectivity index (χ3n) is 4.05. The van der Waals surface area contributed by atoms with Gasteiger partial charge in [-0.3, -0.25) is 4.79 Å². The van der Waals surface area contributed by atoms with Crippen LogP contribution in [0.3, 0.4) is 0 Å². The van der Waals surface area contributed by atoms with E-state index in [-0.39, 0.29) is 18.0 Å². The molecule has 10 heteroatoms. The summed E-state index contributed by atoms with van der Waals surface area (Å²) in [7, 11) is 1.84. The predicted molar refractivity (Wildman–Crippen MR) is 106 cm³/mol. The molecule has 0 bridgehead atoms. The Balaban J connectivity index is 1.44. The topological polar surface area (TPSA) is 87.7 Å². The minimum absolute atomic E-state index is 0.188. The maximum atomic E-state index is 12.5. The minimum Gasteiger partial charge on any atom is -0.486 e. The van der Waals surface area contributed by atoms with Crippen LogP contribution in [0.25, 0.3) is 10.9 Å². The molecule has 0 N–H and O–H groups in total. The van der Waals surface area contributed by atoms with E-state index in [1.807, 2.05) is 17.7 Å². The van der Waals surface area contributed by atoms with Gasteiger partial charge < -0.3 is 9.30 Å². The van der Waals surface area contributed by atoms with Gasteiger partial charge in [0.1, 0.15) is 17.9 Å². The molecule has 2 aromatic carbocycles. The number of ether oxygens (including phenoxy) is 1. The van der Waals surface area contributed by atoms with Crippen LogP contribution >= 0.6 is 23.4 Å². The molecule has 0 saturated heterocycles. The van der Waals surface area contributed by atoms with Gasteiger partial charge in [0.15, 0.2) is 11.0 Å². The van der Waals surface area contributed by atoms with Crippen molar-refractivity contribution in [1.29, 1.82) is 0 Å². The largest absolute Gasteiger partial charge is 0.486 e. The first kappa shape index (κ1) is 18.5. The second kappa shape index (κ2) is 7.99. The molecule has 2 aromatic heterocycles. The molecule has 4 rings (SSSR count). The van der Waals surface area contributed by atoms with E-state index in [0.29, 0.717) is 32.7 Å². The van der Waals surface area contributed by atoms with Gasteiger partial charge >= 0.3 is 0 Å². The Morgan fingerprint density at radius 3 is 2.68 bits per heavy atom. The van der Waals surface area contributed by atoms with Crippen LogP contribution in [-0.2, 0) is 19.5 Å². The fourth-order valence-electron chi connectivity index (χ4n) is 2.50. The summed E-state index contributed by atoms with van der Waals surface area (Å²) in [5, 5.41) is 18.2. The molecule has 0 spiro atoms. The highest BCUT2D eigenvalue weighted by Gasteiger charge is 2.12. The molecule has 8 nitrogen and oxygen atoms in total. The number of rotatable bonds is 6. The molecule has 0 aliphatic rings. The van der Waals surface area contributed by atoms with E-state index >= 15 is 0 Å². The van der Waals surface area contributed by atoms with Crippen molar-refractivity contribution in [2.45, 2.75) is 17.6 Å². The highest BCUT2D eigenvalue weighted by atomic mass is 35.5. The number of hydrogen-bond acceptors (Lipinski definition) is 7. The SMILES string of the molecule is Cn1c(COc2ccc(Cl)cc2)nnc1SCn1nnc2ccccc2c1=O. The Morgan fingerprint density at radius 1 is 1.07 bits per heavy atom. The second-order valence-electron chi connectivity index (χ2n) is 5.89. The highest BCUT2D eigenvalue weighted by Crippen LogP contribution is 2.19. The highest BCUT2D eigenvalue weighted by molar-refractivity contribution is 7.98. The standard InChI is InChI=1S/C18H15ClN6O2S/c1-24-16(10-27-13-8-6-12(19)7-9-13)21-22-18(24)28-11-25-17(26)14-4-2-3-5-15(14)20-23-25/h2-9H,10-11H2,1H3. The van der Waals surface area contributed by atoms with E-state index < -0.39 is 0 Å². The number of thioether (sulfide) groups is 1.